The van der Waals surface area contributed by atoms with Crippen molar-refractivity contribution in [1.29, 1.82) is 0 Å². The summed E-state index contributed by atoms with van der Waals surface area (Å²) >= 11 is 3.36. The predicted octanol–water partition coefficient (Wildman–Crippen LogP) is 3.87. The van der Waals surface area contributed by atoms with Crippen molar-refractivity contribution in [2.24, 2.45) is 0 Å². The van der Waals surface area contributed by atoms with Gasteiger partial charge in [0.15, 0.2) is 0 Å². The van der Waals surface area contributed by atoms with Crippen LogP contribution in [0.5, 0.6) is 0 Å². The van der Waals surface area contributed by atoms with E-state index in [9.17, 15) is 9.18 Å². The molecular formula is C14H18BrFO2. The van der Waals surface area contributed by atoms with Gasteiger partial charge in [0.1, 0.15) is 5.82 Å². The van der Waals surface area contributed by atoms with E-state index in [4.69, 9.17) is 4.74 Å². The normalized spacial score (nSPS) is 10.3. The lowest BCUT2D eigenvalue weighted by atomic mass is 10.1. The second-order valence-corrected chi connectivity index (χ2v) is 4.88. The molecule has 2 nitrogen and oxygen atoms in total. The Morgan fingerprint density at radius 1 is 1.17 bits per heavy atom. The van der Waals surface area contributed by atoms with Crippen molar-refractivity contribution in [3.63, 3.8) is 0 Å². The second kappa shape index (κ2) is 9.09. The van der Waals surface area contributed by atoms with Gasteiger partial charge in [-0.1, -0.05) is 47.0 Å². The Kier molecular flexibility index (Phi) is 7.65. The molecule has 0 aliphatic rings. The molecule has 0 radical (unpaired) electrons. The van der Waals surface area contributed by atoms with Gasteiger partial charge in [0, 0.05) is 5.33 Å². The van der Waals surface area contributed by atoms with Gasteiger partial charge in [0.2, 0.25) is 0 Å². The first-order valence-electron chi connectivity index (χ1n) is 6.19. The molecule has 0 atom stereocenters. The minimum absolute atomic E-state index is 0.00801. The third-order valence-electron chi connectivity index (χ3n) is 2.58. The fourth-order valence-electron chi connectivity index (χ4n) is 1.58. The molecule has 0 aliphatic heterocycles. The van der Waals surface area contributed by atoms with Crippen LogP contribution in [-0.4, -0.2) is 17.9 Å². The van der Waals surface area contributed by atoms with E-state index in [0.717, 1.165) is 31.0 Å². The molecule has 0 bridgehead atoms. The molecule has 0 saturated heterocycles. The van der Waals surface area contributed by atoms with E-state index < -0.39 is 0 Å². The number of benzene rings is 1. The Labute approximate surface area is 116 Å². The fourth-order valence-corrected chi connectivity index (χ4v) is 1.98. The van der Waals surface area contributed by atoms with Crippen LogP contribution in [0.15, 0.2) is 24.3 Å². The molecule has 100 valence electrons. The van der Waals surface area contributed by atoms with E-state index in [2.05, 4.69) is 15.9 Å². The first kappa shape index (κ1) is 15.2. The lowest BCUT2D eigenvalue weighted by Gasteiger charge is -2.05. The maximum absolute atomic E-state index is 13.3. The summed E-state index contributed by atoms with van der Waals surface area (Å²) in [5.74, 6) is -0.715. The Morgan fingerprint density at radius 3 is 2.61 bits per heavy atom. The number of rotatable bonds is 8. The van der Waals surface area contributed by atoms with Crippen molar-refractivity contribution in [1.82, 2.24) is 0 Å². The van der Waals surface area contributed by atoms with E-state index in [1.54, 1.807) is 18.2 Å². The topological polar surface area (TPSA) is 26.3 Å². The van der Waals surface area contributed by atoms with Crippen molar-refractivity contribution in [2.75, 3.05) is 11.9 Å². The van der Waals surface area contributed by atoms with Crippen LogP contribution in [-0.2, 0) is 16.0 Å². The maximum atomic E-state index is 13.3. The van der Waals surface area contributed by atoms with Gasteiger partial charge in [0.05, 0.1) is 13.0 Å². The number of carbonyl (C=O) groups excluding carboxylic acids is 1. The van der Waals surface area contributed by atoms with Gasteiger partial charge in [-0.05, 0) is 24.5 Å². The van der Waals surface area contributed by atoms with Crippen LogP contribution in [0.25, 0.3) is 0 Å². The highest BCUT2D eigenvalue weighted by Gasteiger charge is 2.08. The molecule has 1 aromatic carbocycles. The highest BCUT2D eigenvalue weighted by atomic mass is 79.9. The smallest absolute Gasteiger partial charge is 0.310 e. The molecule has 0 N–H and O–H groups in total. The van der Waals surface area contributed by atoms with Crippen molar-refractivity contribution < 1.29 is 13.9 Å². The minimum atomic E-state index is -0.361. The maximum Gasteiger partial charge on any atom is 0.310 e. The summed E-state index contributed by atoms with van der Waals surface area (Å²) in [5, 5.41) is 1.01. The highest BCUT2D eigenvalue weighted by Crippen LogP contribution is 2.08. The summed E-state index contributed by atoms with van der Waals surface area (Å²) in [4.78, 5) is 11.5. The summed E-state index contributed by atoms with van der Waals surface area (Å²) < 4.78 is 18.3. The molecule has 0 amide bonds. The zero-order valence-electron chi connectivity index (χ0n) is 10.3. The summed E-state index contributed by atoms with van der Waals surface area (Å²) in [5.41, 5.74) is 0.391. The van der Waals surface area contributed by atoms with Crippen molar-refractivity contribution in [3.8, 4) is 0 Å². The number of hydrogen-bond donors (Lipinski definition) is 0. The van der Waals surface area contributed by atoms with E-state index in [-0.39, 0.29) is 18.2 Å². The van der Waals surface area contributed by atoms with Gasteiger partial charge in [-0.2, -0.15) is 0 Å². The van der Waals surface area contributed by atoms with Gasteiger partial charge in [-0.3, -0.25) is 4.79 Å². The first-order chi connectivity index (χ1) is 8.74. The SMILES string of the molecule is O=C(Cc1ccccc1F)OCCCCCCBr. The molecule has 0 saturated carbocycles. The summed E-state index contributed by atoms with van der Waals surface area (Å²) in [6.45, 7) is 0.426. The third kappa shape index (κ3) is 6.15. The number of carbonyl (C=O) groups is 1. The molecule has 0 aliphatic carbocycles. The standard InChI is InChI=1S/C14H18BrFO2/c15-9-5-1-2-6-10-18-14(17)11-12-7-3-4-8-13(12)16/h3-4,7-8H,1-2,5-6,9-11H2. The number of unbranched alkanes of at least 4 members (excludes halogenated alkanes) is 3. The van der Waals surface area contributed by atoms with Crippen LogP contribution >= 0.6 is 15.9 Å². The third-order valence-corrected chi connectivity index (χ3v) is 3.14. The highest BCUT2D eigenvalue weighted by molar-refractivity contribution is 9.09. The zero-order chi connectivity index (χ0) is 13.2. The largest absolute Gasteiger partial charge is 0.465 e. The van der Waals surface area contributed by atoms with Crippen LogP contribution in [0.2, 0.25) is 0 Å². The molecule has 1 aromatic rings. The zero-order valence-corrected chi connectivity index (χ0v) is 11.9. The Balaban J connectivity index is 2.16. The quantitative estimate of drug-likeness (QED) is 0.413. The number of ether oxygens (including phenoxy) is 1. The van der Waals surface area contributed by atoms with E-state index in [1.807, 2.05) is 0 Å². The molecule has 0 unspecified atom stereocenters. The summed E-state index contributed by atoms with van der Waals surface area (Å²) in [7, 11) is 0. The van der Waals surface area contributed by atoms with E-state index in [1.165, 1.54) is 6.07 Å². The Hall–Kier alpha value is -0.900. The predicted molar refractivity (Wildman–Crippen MR) is 73.3 cm³/mol. The average Bonchev–Trinajstić information content (AvgIpc) is 2.36. The summed E-state index contributed by atoms with van der Waals surface area (Å²) in [6, 6.07) is 6.27. The van der Waals surface area contributed by atoms with Crippen molar-refractivity contribution in [2.45, 2.75) is 32.1 Å². The van der Waals surface area contributed by atoms with Crippen LogP contribution < -0.4 is 0 Å². The van der Waals surface area contributed by atoms with Gasteiger partial charge in [-0.25, -0.2) is 4.39 Å². The average molecular weight is 317 g/mol. The monoisotopic (exact) mass is 316 g/mol. The van der Waals surface area contributed by atoms with Gasteiger partial charge < -0.3 is 4.74 Å². The minimum Gasteiger partial charge on any atom is -0.465 e. The van der Waals surface area contributed by atoms with E-state index in [0.29, 0.717) is 12.2 Å². The Bertz CT molecular complexity index is 369. The van der Waals surface area contributed by atoms with E-state index >= 15 is 0 Å². The van der Waals surface area contributed by atoms with Crippen LogP contribution in [0.3, 0.4) is 0 Å². The van der Waals surface area contributed by atoms with Gasteiger partial charge >= 0.3 is 5.97 Å². The molecular weight excluding hydrogens is 299 g/mol. The molecule has 1 rings (SSSR count). The molecule has 0 aromatic heterocycles. The summed E-state index contributed by atoms with van der Waals surface area (Å²) in [6.07, 6.45) is 4.21. The van der Waals surface area contributed by atoms with Gasteiger partial charge in [-0.15, -0.1) is 0 Å². The molecule has 4 heteroatoms. The fraction of sp³-hybridized carbons (Fsp3) is 0.500. The second-order valence-electron chi connectivity index (χ2n) is 4.09. The van der Waals surface area contributed by atoms with Crippen LogP contribution in [0, 0.1) is 5.82 Å². The number of esters is 1. The lowest BCUT2D eigenvalue weighted by molar-refractivity contribution is -0.143. The lowest BCUT2D eigenvalue weighted by Crippen LogP contribution is -2.10. The molecule has 0 heterocycles. The van der Waals surface area contributed by atoms with Crippen molar-refractivity contribution >= 4 is 21.9 Å². The van der Waals surface area contributed by atoms with Gasteiger partial charge in [0.25, 0.3) is 0 Å². The molecule has 0 spiro atoms. The van der Waals surface area contributed by atoms with Crippen LogP contribution in [0.4, 0.5) is 4.39 Å². The Morgan fingerprint density at radius 2 is 1.89 bits per heavy atom. The van der Waals surface area contributed by atoms with Crippen LogP contribution in [0.1, 0.15) is 31.2 Å². The molecule has 0 fully saturated rings. The molecule has 18 heavy (non-hydrogen) atoms. The number of hydrogen-bond acceptors (Lipinski definition) is 2. The first-order valence-corrected chi connectivity index (χ1v) is 7.31. The van der Waals surface area contributed by atoms with Crippen molar-refractivity contribution in [3.05, 3.63) is 35.6 Å². The number of alkyl halides is 1. The number of halogens is 2.